The Morgan fingerprint density at radius 2 is 1.62 bits per heavy atom. The second kappa shape index (κ2) is 7.46. The van der Waals surface area contributed by atoms with Crippen LogP contribution in [-0.2, 0) is 0 Å². The van der Waals surface area contributed by atoms with Crippen molar-refractivity contribution in [1.29, 1.82) is 0 Å². The Morgan fingerprint density at radius 3 is 2.45 bits per heavy atom. The lowest BCUT2D eigenvalue weighted by Crippen LogP contribution is -2.47. The molecule has 5 rings (SSSR count). The van der Waals surface area contributed by atoms with Gasteiger partial charge in [-0.25, -0.2) is 9.37 Å². The van der Waals surface area contributed by atoms with Gasteiger partial charge in [0.05, 0.1) is 0 Å². The summed E-state index contributed by atoms with van der Waals surface area (Å²) in [4.78, 5) is 13.5. The molecule has 1 saturated heterocycles. The van der Waals surface area contributed by atoms with Crippen LogP contribution >= 0.6 is 0 Å². The summed E-state index contributed by atoms with van der Waals surface area (Å²) in [5.74, 6) is 2.66. The van der Waals surface area contributed by atoms with Crippen LogP contribution in [0.15, 0.2) is 54.7 Å². The van der Waals surface area contributed by atoms with Crippen molar-refractivity contribution in [1.82, 2.24) is 9.97 Å². The monoisotopic (exact) mass is 393 g/mol. The number of nitrogens with zero attached hydrogens (tertiary/aromatic N) is 4. The van der Waals surface area contributed by atoms with Gasteiger partial charge in [-0.3, -0.25) is 0 Å². The first-order chi connectivity index (χ1) is 14.2. The van der Waals surface area contributed by atoms with E-state index in [1.807, 2.05) is 36.4 Å². The Morgan fingerprint density at radius 1 is 0.862 bits per heavy atom. The maximum atomic E-state index is 13.1. The Hall–Kier alpha value is -3.55. The molecule has 0 unspecified atom stereocenters. The van der Waals surface area contributed by atoms with E-state index in [-0.39, 0.29) is 12.6 Å². The van der Waals surface area contributed by atoms with Crippen LogP contribution in [0.25, 0.3) is 0 Å². The van der Waals surface area contributed by atoms with Gasteiger partial charge in [0, 0.05) is 49.8 Å². The third-order valence-corrected chi connectivity index (χ3v) is 5.04. The predicted molar refractivity (Wildman–Crippen MR) is 109 cm³/mol. The van der Waals surface area contributed by atoms with Gasteiger partial charge in [-0.1, -0.05) is 0 Å². The van der Waals surface area contributed by atoms with Crippen molar-refractivity contribution >= 4 is 23.1 Å². The van der Waals surface area contributed by atoms with Crippen molar-refractivity contribution in [2.75, 3.05) is 48.1 Å². The van der Waals surface area contributed by atoms with Crippen LogP contribution < -0.4 is 24.6 Å². The van der Waals surface area contributed by atoms with Crippen molar-refractivity contribution < 1.29 is 13.9 Å². The van der Waals surface area contributed by atoms with Gasteiger partial charge < -0.3 is 24.6 Å². The molecule has 0 aliphatic carbocycles. The molecule has 0 radical (unpaired) electrons. The molecule has 1 N–H and O–H groups in total. The molecule has 1 fully saturated rings. The van der Waals surface area contributed by atoms with Gasteiger partial charge in [0.15, 0.2) is 11.5 Å². The van der Waals surface area contributed by atoms with Crippen molar-refractivity contribution in [2.45, 2.75) is 0 Å². The van der Waals surface area contributed by atoms with Gasteiger partial charge in [0.2, 0.25) is 12.7 Å². The van der Waals surface area contributed by atoms with E-state index in [9.17, 15) is 4.39 Å². The Kier molecular flexibility index (Phi) is 4.51. The lowest BCUT2D eigenvalue weighted by molar-refractivity contribution is 0.174. The normalized spacial score (nSPS) is 15.5. The number of aromatic nitrogens is 2. The minimum Gasteiger partial charge on any atom is -0.454 e. The fourth-order valence-corrected chi connectivity index (χ4v) is 3.51. The molecular formula is C21H20FN5O2. The summed E-state index contributed by atoms with van der Waals surface area (Å²) in [6, 6.07) is 14.2. The number of halogens is 1. The van der Waals surface area contributed by atoms with Crippen LogP contribution in [0.4, 0.5) is 27.5 Å². The zero-order chi connectivity index (χ0) is 19.6. The average Bonchev–Trinajstić information content (AvgIpc) is 3.23. The molecule has 1 aromatic heterocycles. The second-order valence-corrected chi connectivity index (χ2v) is 6.89. The number of anilines is 4. The summed E-state index contributed by atoms with van der Waals surface area (Å²) in [6.07, 6.45) is 1.75. The number of ether oxygens (including phenoxy) is 2. The Labute approximate surface area is 167 Å². The van der Waals surface area contributed by atoms with Crippen LogP contribution in [0.5, 0.6) is 11.5 Å². The minimum absolute atomic E-state index is 0.215. The predicted octanol–water partition coefficient (Wildman–Crippen LogP) is 3.41. The number of nitrogens with one attached hydrogen (secondary N) is 1. The SMILES string of the molecule is Fc1ccc(N2CCN(c3nccc(Nc4ccc5c(c4)OCO5)n3)CC2)cc1. The lowest BCUT2D eigenvalue weighted by atomic mass is 10.2. The number of hydrogen-bond acceptors (Lipinski definition) is 7. The molecule has 0 spiro atoms. The second-order valence-electron chi connectivity index (χ2n) is 6.89. The van der Waals surface area contributed by atoms with Crippen LogP contribution in [0.2, 0.25) is 0 Å². The third-order valence-electron chi connectivity index (χ3n) is 5.04. The summed E-state index contributed by atoms with van der Waals surface area (Å²) in [5, 5.41) is 3.29. The molecular weight excluding hydrogens is 373 g/mol. The number of benzene rings is 2. The zero-order valence-electron chi connectivity index (χ0n) is 15.7. The molecule has 7 nitrogen and oxygen atoms in total. The van der Waals surface area contributed by atoms with E-state index in [4.69, 9.17) is 9.47 Å². The minimum atomic E-state index is -0.215. The van der Waals surface area contributed by atoms with Crippen molar-refractivity contribution in [3.8, 4) is 11.5 Å². The van der Waals surface area contributed by atoms with Crippen LogP contribution in [0.1, 0.15) is 0 Å². The molecule has 2 aromatic carbocycles. The first-order valence-corrected chi connectivity index (χ1v) is 9.50. The van der Waals surface area contributed by atoms with Gasteiger partial charge in [-0.05, 0) is 42.5 Å². The zero-order valence-corrected chi connectivity index (χ0v) is 15.7. The smallest absolute Gasteiger partial charge is 0.231 e. The van der Waals surface area contributed by atoms with Crippen LogP contribution in [0.3, 0.4) is 0 Å². The highest BCUT2D eigenvalue weighted by molar-refractivity contribution is 5.62. The molecule has 0 amide bonds. The summed E-state index contributed by atoms with van der Waals surface area (Å²) >= 11 is 0. The highest BCUT2D eigenvalue weighted by Crippen LogP contribution is 2.35. The third kappa shape index (κ3) is 3.73. The summed E-state index contributed by atoms with van der Waals surface area (Å²) in [6.45, 7) is 3.50. The molecule has 29 heavy (non-hydrogen) atoms. The van der Waals surface area contributed by atoms with Crippen molar-refractivity contribution in [2.24, 2.45) is 0 Å². The number of fused-ring (bicyclic) bond motifs is 1. The maximum absolute atomic E-state index is 13.1. The van der Waals surface area contributed by atoms with E-state index in [1.165, 1.54) is 12.1 Å². The van der Waals surface area contributed by atoms with Crippen LogP contribution in [-0.4, -0.2) is 42.9 Å². The lowest BCUT2D eigenvalue weighted by Gasteiger charge is -2.36. The topological polar surface area (TPSA) is 62.8 Å². The van der Waals surface area contributed by atoms with Gasteiger partial charge >= 0.3 is 0 Å². The first kappa shape index (κ1) is 17.5. The fraction of sp³-hybridized carbons (Fsp3) is 0.238. The molecule has 3 heterocycles. The molecule has 3 aromatic rings. The number of hydrogen-bond donors (Lipinski definition) is 1. The average molecular weight is 393 g/mol. The molecule has 0 bridgehead atoms. The molecule has 8 heteroatoms. The van der Waals surface area contributed by atoms with E-state index in [0.29, 0.717) is 5.95 Å². The van der Waals surface area contributed by atoms with Gasteiger partial charge in [0.25, 0.3) is 0 Å². The number of piperazine rings is 1. The van der Waals surface area contributed by atoms with Crippen molar-refractivity contribution in [3.05, 3.63) is 60.5 Å². The molecule has 2 aliphatic heterocycles. The summed E-state index contributed by atoms with van der Waals surface area (Å²) in [5.41, 5.74) is 1.91. The molecule has 0 saturated carbocycles. The quantitative estimate of drug-likeness (QED) is 0.729. The largest absolute Gasteiger partial charge is 0.454 e. The van der Waals surface area contributed by atoms with Gasteiger partial charge in [0.1, 0.15) is 11.6 Å². The molecule has 2 aliphatic rings. The fourth-order valence-electron chi connectivity index (χ4n) is 3.51. The van der Waals surface area contributed by atoms with E-state index in [2.05, 4.69) is 25.1 Å². The Bertz CT molecular complexity index is 1010. The summed E-state index contributed by atoms with van der Waals surface area (Å²) in [7, 11) is 0. The highest BCUT2D eigenvalue weighted by Gasteiger charge is 2.20. The van der Waals surface area contributed by atoms with Crippen LogP contribution in [0, 0.1) is 5.82 Å². The van der Waals surface area contributed by atoms with E-state index < -0.39 is 0 Å². The maximum Gasteiger partial charge on any atom is 0.231 e. The molecule has 148 valence electrons. The van der Waals surface area contributed by atoms with Crippen molar-refractivity contribution in [3.63, 3.8) is 0 Å². The van der Waals surface area contributed by atoms with Gasteiger partial charge in [-0.15, -0.1) is 0 Å². The standard InChI is InChI=1S/C21H20FN5O2/c22-15-1-4-17(5-2-15)26-9-11-27(12-10-26)21-23-8-7-20(25-21)24-16-3-6-18-19(13-16)29-14-28-18/h1-8,13H,9-12,14H2,(H,23,24,25). The number of rotatable bonds is 4. The first-order valence-electron chi connectivity index (χ1n) is 9.50. The van der Waals surface area contributed by atoms with E-state index in [0.717, 1.165) is 54.9 Å². The summed E-state index contributed by atoms with van der Waals surface area (Å²) < 4.78 is 23.9. The molecule has 0 atom stereocenters. The Balaban J connectivity index is 1.25. The van der Waals surface area contributed by atoms with Gasteiger partial charge in [-0.2, -0.15) is 4.98 Å². The van der Waals surface area contributed by atoms with E-state index >= 15 is 0 Å². The highest BCUT2D eigenvalue weighted by atomic mass is 19.1. The van der Waals surface area contributed by atoms with E-state index in [1.54, 1.807) is 6.20 Å².